The van der Waals surface area contributed by atoms with Crippen LogP contribution in [0.15, 0.2) is 18.2 Å². The highest BCUT2D eigenvalue weighted by Gasteiger charge is 2.12. The number of aromatic nitrogens is 1. The molecular formula is C13H14Cl2N2. The number of halogens is 2. The zero-order valence-corrected chi connectivity index (χ0v) is 11.5. The van der Waals surface area contributed by atoms with Gasteiger partial charge in [-0.15, -0.1) is 0 Å². The molecule has 0 bridgehead atoms. The smallest absolute Gasteiger partial charge is 0.0927 e. The first-order valence-electron chi connectivity index (χ1n) is 5.51. The van der Waals surface area contributed by atoms with Crippen LogP contribution in [0.4, 0.5) is 5.69 Å². The first-order valence-corrected chi connectivity index (χ1v) is 6.26. The van der Waals surface area contributed by atoms with Gasteiger partial charge in [-0.3, -0.25) is 4.98 Å². The molecule has 0 amide bonds. The number of nitrogens with zero attached hydrogens (tertiary/aromatic N) is 1. The van der Waals surface area contributed by atoms with Gasteiger partial charge in [0.1, 0.15) is 0 Å². The van der Waals surface area contributed by atoms with Crippen molar-refractivity contribution in [2.24, 2.45) is 0 Å². The molecule has 4 heteroatoms. The van der Waals surface area contributed by atoms with Crippen LogP contribution in [0.25, 0.3) is 10.9 Å². The minimum atomic E-state index is 0.349. The quantitative estimate of drug-likeness (QED) is 0.854. The molecule has 2 rings (SSSR count). The van der Waals surface area contributed by atoms with E-state index in [2.05, 4.69) is 30.2 Å². The molecule has 0 radical (unpaired) electrons. The SMILES string of the molecule is CNc1cc(C(C)C)nc2c(Cl)c(Cl)ccc12. The number of rotatable bonds is 2. The number of anilines is 1. The maximum atomic E-state index is 6.21. The van der Waals surface area contributed by atoms with E-state index in [0.717, 1.165) is 22.3 Å². The normalized spacial score (nSPS) is 11.2. The zero-order chi connectivity index (χ0) is 12.6. The lowest BCUT2D eigenvalue weighted by Gasteiger charge is -2.12. The third-order valence-electron chi connectivity index (χ3n) is 2.75. The van der Waals surface area contributed by atoms with Gasteiger partial charge in [0.25, 0.3) is 0 Å². The van der Waals surface area contributed by atoms with Crippen LogP contribution in [0.2, 0.25) is 10.0 Å². The van der Waals surface area contributed by atoms with Crippen LogP contribution >= 0.6 is 23.2 Å². The second kappa shape index (κ2) is 4.71. The summed E-state index contributed by atoms with van der Waals surface area (Å²) in [5.74, 6) is 0.349. The van der Waals surface area contributed by atoms with Gasteiger partial charge in [-0.2, -0.15) is 0 Å². The fourth-order valence-corrected chi connectivity index (χ4v) is 2.12. The van der Waals surface area contributed by atoms with Crippen LogP contribution < -0.4 is 5.32 Å². The van der Waals surface area contributed by atoms with Gasteiger partial charge in [0.05, 0.1) is 15.6 Å². The van der Waals surface area contributed by atoms with Crippen LogP contribution in [0.3, 0.4) is 0 Å². The summed E-state index contributed by atoms with van der Waals surface area (Å²) in [6.45, 7) is 4.21. The molecule has 1 N–H and O–H groups in total. The summed E-state index contributed by atoms with van der Waals surface area (Å²) in [6.07, 6.45) is 0. The Balaban J connectivity index is 2.83. The molecule has 0 aliphatic rings. The highest BCUT2D eigenvalue weighted by Crippen LogP contribution is 2.34. The van der Waals surface area contributed by atoms with Gasteiger partial charge < -0.3 is 5.32 Å². The summed E-state index contributed by atoms with van der Waals surface area (Å²) in [4.78, 5) is 4.59. The highest BCUT2D eigenvalue weighted by molar-refractivity contribution is 6.45. The molecule has 0 unspecified atom stereocenters. The van der Waals surface area contributed by atoms with Crippen molar-refractivity contribution >= 4 is 39.8 Å². The number of hydrogen-bond acceptors (Lipinski definition) is 2. The molecule has 0 atom stereocenters. The average Bonchev–Trinajstić information content (AvgIpc) is 2.32. The second-order valence-corrected chi connectivity index (χ2v) is 5.04. The van der Waals surface area contributed by atoms with Crippen LogP contribution in [0, 0.1) is 0 Å². The van der Waals surface area contributed by atoms with Gasteiger partial charge in [0.15, 0.2) is 0 Å². The average molecular weight is 269 g/mol. The first-order chi connectivity index (χ1) is 8.04. The molecule has 0 saturated carbocycles. The molecule has 0 spiro atoms. The third kappa shape index (κ3) is 2.20. The van der Waals surface area contributed by atoms with Gasteiger partial charge in [0, 0.05) is 23.8 Å². The molecule has 2 aromatic rings. The fourth-order valence-electron chi connectivity index (χ4n) is 1.76. The minimum Gasteiger partial charge on any atom is -0.388 e. The maximum absolute atomic E-state index is 6.21. The number of benzene rings is 1. The molecule has 90 valence electrons. The van der Waals surface area contributed by atoms with Crippen molar-refractivity contribution in [3.05, 3.63) is 33.9 Å². The highest BCUT2D eigenvalue weighted by atomic mass is 35.5. The Kier molecular flexibility index (Phi) is 3.45. The van der Waals surface area contributed by atoms with Gasteiger partial charge in [0.2, 0.25) is 0 Å². The fraction of sp³-hybridized carbons (Fsp3) is 0.308. The van der Waals surface area contributed by atoms with Crippen LogP contribution in [-0.4, -0.2) is 12.0 Å². The van der Waals surface area contributed by atoms with E-state index in [1.54, 1.807) is 6.07 Å². The molecule has 0 fully saturated rings. The molecule has 17 heavy (non-hydrogen) atoms. The van der Waals surface area contributed by atoms with Gasteiger partial charge in [-0.05, 0) is 24.1 Å². The van der Waals surface area contributed by atoms with Crippen molar-refractivity contribution in [2.75, 3.05) is 12.4 Å². The zero-order valence-electron chi connectivity index (χ0n) is 10.0. The lowest BCUT2D eigenvalue weighted by molar-refractivity contribution is 0.830. The molecule has 0 aliphatic heterocycles. The molecule has 1 heterocycles. The van der Waals surface area contributed by atoms with E-state index in [9.17, 15) is 0 Å². The molecule has 1 aromatic heterocycles. The summed E-state index contributed by atoms with van der Waals surface area (Å²) in [5, 5.41) is 5.22. The van der Waals surface area contributed by atoms with Crippen LogP contribution in [0.5, 0.6) is 0 Å². The summed E-state index contributed by atoms with van der Waals surface area (Å²) in [6, 6.07) is 5.79. The summed E-state index contributed by atoms with van der Waals surface area (Å²) >= 11 is 12.2. The van der Waals surface area contributed by atoms with Crippen molar-refractivity contribution in [1.29, 1.82) is 0 Å². The molecule has 1 aromatic carbocycles. The van der Waals surface area contributed by atoms with E-state index in [1.807, 2.05) is 13.1 Å². The number of hydrogen-bond donors (Lipinski definition) is 1. The number of fused-ring (bicyclic) bond motifs is 1. The molecule has 2 nitrogen and oxygen atoms in total. The van der Waals surface area contributed by atoms with E-state index < -0.39 is 0 Å². The lowest BCUT2D eigenvalue weighted by Crippen LogP contribution is -1.98. The minimum absolute atomic E-state index is 0.349. The first kappa shape index (κ1) is 12.5. The van der Waals surface area contributed by atoms with Crippen molar-refractivity contribution in [3.8, 4) is 0 Å². The van der Waals surface area contributed by atoms with E-state index >= 15 is 0 Å². The van der Waals surface area contributed by atoms with E-state index in [1.165, 1.54) is 0 Å². The topological polar surface area (TPSA) is 24.9 Å². The van der Waals surface area contributed by atoms with E-state index in [0.29, 0.717) is 16.0 Å². The second-order valence-electron chi connectivity index (χ2n) is 4.26. The Morgan fingerprint density at radius 3 is 2.53 bits per heavy atom. The van der Waals surface area contributed by atoms with Crippen LogP contribution in [-0.2, 0) is 0 Å². The van der Waals surface area contributed by atoms with Crippen molar-refractivity contribution in [3.63, 3.8) is 0 Å². The van der Waals surface area contributed by atoms with Crippen molar-refractivity contribution in [2.45, 2.75) is 19.8 Å². The molecule has 0 aliphatic carbocycles. The Morgan fingerprint density at radius 2 is 1.94 bits per heavy atom. The van der Waals surface area contributed by atoms with Gasteiger partial charge >= 0.3 is 0 Å². The monoisotopic (exact) mass is 268 g/mol. The standard InChI is InChI=1S/C13H14Cl2N2/c1-7(2)10-6-11(16-3)8-4-5-9(14)12(15)13(8)17-10/h4-7H,1-3H3,(H,16,17). The van der Waals surface area contributed by atoms with Crippen molar-refractivity contribution < 1.29 is 0 Å². The summed E-state index contributed by atoms with van der Waals surface area (Å²) < 4.78 is 0. The Hall–Kier alpha value is -0.990. The van der Waals surface area contributed by atoms with Crippen LogP contribution in [0.1, 0.15) is 25.5 Å². The van der Waals surface area contributed by atoms with Gasteiger partial charge in [-0.1, -0.05) is 37.0 Å². The molecule has 0 saturated heterocycles. The van der Waals surface area contributed by atoms with E-state index in [-0.39, 0.29) is 0 Å². The predicted molar refractivity (Wildman–Crippen MR) is 75.4 cm³/mol. The Labute approximate surface area is 111 Å². The van der Waals surface area contributed by atoms with Gasteiger partial charge in [-0.25, -0.2) is 0 Å². The lowest BCUT2D eigenvalue weighted by atomic mass is 10.1. The molecular weight excluding hydrogens is 255 g/mol. The largest absolute Gasteiger partial charge is 0.388 e. The third-order valence-corrected chi connectivity index (χ3v) is 3.55. The summed E-state index contributed by atoms with van der Waals surface area (Å²) in [7, 11) is 1.89. The van der Waals surface area contributed by atoms with Crippen molar-refractivity contribution in [1.82, 2.24) is 4.98 Å². The predicted octanol–water partition coefficient (Wildman–Crippen LogP) is 4.71. The summed E-state index contributed by atoms with van der Waals surface area (Å²) in [5.41, 5.74) is 2.79. The number of nitrogens with one attached hydrogen (secondary N) is 1. The maximum Gasteiger partial charge on any atom is 0.0927 e. The van der Waals surface area contributed by atoms with E-state index in [4.69, 9.17) is 23.2 Å². The number of pyridine rings is 1. The Bertz CT molecular complexity index is 565. The Morgan fingerprint density at radius 1 is 1.24 bits per heavy atom.